The first-order chi connectivity index (χ1) is 17.9. The van der Waals surface area contributed by atoms with Crippen molar-refractivity contribution in [2.45, 2.75) is 26.8 Å². The number of amides is 1. The number of sulfonamides is 1. The smallest absolute Gasteiger partial charge is 0.285 e. The molecular formula is C27H23ClN4O5S. The summed E-state index contributed by atoms with van der Waals surface area (Å²) in [6.45, 7) is 5.30. The number of carbonyl (C=O) groups excluding carboxylic acids is 1. The van der Waals surface area contributed by atoms with Crippen LogP contribution in [0.2, 0.25) is 5.15 Å². The molecule has 9 nitrogen and oxygen atoms in total. The topological polar surface area (TPSA) is 142 Å². The fourth-order valence-electron chi connectivity index (χ4n) is 4.18. The molecule has 194 valence electrons. The average Bonchev–Trinajstić information content (AvgIpc) is 2.86. The van der Waals surface area contributed by atoms with Gasteiger partial charge in [-0.05, 0) is 56.7 Å². The maximum atomic E-state index is 13.4. The summed E-state index contributed by atoms with van der Waals surface area (Å²) in [4.78, 5) is 30.1. The van der Waals surface area contributed by atoms with E-state index in [1.54, 1.807) is 44.2 Å². The van der Waals surface area contributed by atoms with E-state index >= 15 is 0 Å². The normalized spacial score (nSPS) is 12.1. The lowest BCUT2D eigenvalue weighted by molar-refractivity contribution is 0.0977. The lowest BCUT2D eigenvalue weighted by atomic mass is 9.97. The number of halogens is 1. The highest BCUT2D eigenvalue weighted by atomic mass is 35.5. The summed E-state index contributed by atoms with van der Waals surface area (Å²) >= 11 is 5.98. The van der Waals surface area contributed by atoms with Crippen molar-refractivity contribution in [3.63, 3.8) is 0 Å². The van der Waals surface area contributed by atoms with Crippen molar-refractivity contribution in [2.24, 2.45) is 0 Å². The third kappa shape index (κ3) is 5.39. The van der Waals surface area contributed by atoms with E-state index in [9.17, 15) is 23.3 Å². The van der Waals surface area contributed by atoms with Crippen LogP contribution in [-0.2, 0) is 10.0 Å². The van der Waals surface area contributed by atoms with Crippen molar-refractivity contribution >= 4 is 44.2 Å². The van der Waals surface area contributed by atoms with E-state index in [1.165, 1.54) is 12.1 Å². The van der Waals surface area contributed by atoms with Crippen molar-refractivity contribution in [3.8, 4) is 17.4 Å². The Kier molecular flexibility index (Phi) is 7.26. The zero-order chi connectivity index (χ0) is 27.8. The third-order valence-electron chi connectivity index (χ3n) is 5.88. The Labute approximate surface area is 224 Å². The molecule has 4 aromatic rings. The van der Waals surface area contributed by atoms with Crippen LogP contribution in [0.15, 0.2) is 57.7 Å². The summed E-state index contributed by atoms with van der Waals surface area (Å²) in [5, 5.41) is 13.1. The number of nitriles is 1. The van der Waals surface area contributed by atoms with E-state index in [0.717, 1.165) is 11.8 Å². The minimum Gasteiger partial charge on any atom is -0.455 e. The molecule has 0 aliphatic rings. The Morgan fingerprint density at radius 2 is 1.87 bits per heavy atom. The van der Waals surface area contributed by atoms with Crippen LogP contribution in [0.3, 0.4) is 0 Å². The van der Waals surface area contributed by atoms with Crippen molar-refractivity contribution in [3.05, 3.63) is 91.9 Å². The fraction of sp³-hybridized carbons (Fsp3) is 0.185. The van der Waals surface area contributed by atoms with Crippen LogP contribution < -0.4 is 15.5 Å². The molecule has 2 aromatic carbocycles. The molecule has 0 fully saturated rings. The van der Waals surface area contributed by atoms with Gasteiger partial charge in [0.05, 0.1) is 35.0 Å². The number of hydrogen-bond donors (Lipinski definition) is 2. The molecule has 0 saturated heterocycles. The van der Waals surface area contributed by atoms with Crippen LogP contribution in [0.4, 0.5) is 5.69 Å². The van der Waals surface area contributed by atoms with Crippen LogP contribution in [0.25, 0.3) is 22.3 Å². The summed E-state index contributed by atoms with van der Waals surface area (Å²) in [7, 11) is -3.85. The molecule has 1 amide bonds. The summed E-state index contributed by atoms with van der Waals surface area (Å²) in [6, 6.07) is 15.0. The first-order valence-corrected chi connectivity index (χ1v) is 13.7. The molecule has 0 bridgehead atoms. The van der Waals surface area contributed by atoms with Crippen molar-refractivity contribution in [1.29, 1.82) is 5.26 Å². The predicted octanol–water partition coefficient (Wildman–Crippen LogP) is 4.86. The van der Waals surface area contributed by atoms with E-state index in [2.05, 4.69) is 16.4 Å². The number of pyridine rings is 1. The number of hydrogen-bond acceptors (Lipinski definition) is 8. The second-order valence-electron chi connectivity index (χ2n) is 8.87. The molecule has 2 N–H and O–H groups in total. The van der Waals surface area contributed by atoms with Crippen LogP contribution in [0.5, 0.6) is 0 Å². The molecule has 2 aromatic heterocycles. The SMILES string of the molecule is Cc1cc(C(C)Nc2ccc(Cl)nc2C(=O)NS(C)(=O)=O)c2oc(-c3ccccc3C#N)c(C)c(=O)c2c1. The van der Waals surface area contributed by atoms with Gasteiger partial charge >= 0.3 is 0 Å². The number of aryl methyl sites for hydroxylation is 1. The van der Waals surface area contributed by atoms with Gasteiger partial charge < -0.3 is 9.73 Å². The predicted molar refractivity (Wildman–Crippen MR) is 146 cm³/mol. The third-order valence-corrected chi connectivity index (χ3v) is 6.64. The molecule has 11 heteroatoms. The van der Waals surface area contributed by atoms with E-state index < -0.39 is 22.0 Å². The van der Waals surface area contributed by atoms with Crippen molar-refractivity contribution < 1.29 is 17.6 Å². The minimum absolute atomic E-state index is 0.00475. The largest absolute Gasteiger partial charge is 0.455 e. The Balaban J connectivity index is 1.87. The number of nitrogens with one attached hydrogen (secondary N) is 2. The van der Waals surface area contributed by atoms with E-state index in [1.807, 2.05) is 17.7 Å². The quantitative estimate of drug-likeness (QED) is 0.324. The fourth-order valence-corrected chi connectivity index (χ4v) is 4.76. The maximum Gasteiger partial charge on any atom is 0.285 e. The zero-order valence-electron chi connectivity index (χ0n) is 20.9. The monoisotopic (exact) mass is 550 g/mol. The van der Waals surface area contributed by atoms with Crippen LogP contribution in [0.1, 0.15) is 45.7 Å². The van der Waals surface area contributed by atoms with E-state index in [0.29, 0.717) is 39.0 Å². The number of fused-ring (bicyclic) bond motifs is 1. The Bertz CT molecular complexity index is 1810. The molecule has 0 radical (unpaired) electrons. The molecule has 0 aliphatic carbocycles. The van der Waals surface area contributed by atoms with Gasteiger partial charge in [0.1, 0.15) is 16.5 Å². The van der Waals surface area contributed by atoms with Gasteiger partial charge in [0, 0.05) is 16.7 Å². The van der Waals surface area contributed by atoms with Gasteiger partial charge in [0.2, 0.25) is 10.0 Å². The van der Waals surface area contributed by atoms with Gasteiger partial charge in [0.15, 0.2) is 11.1 Å². The number of carbonyl (C=O) groups is 1. The van der Waals surface area contributed by atoms with E-state index in [-0.39, 0.29) is 22.0 Å². The summed E-state index contributed by atoms with van der Waals surface area (Å²) < 4.78 is 31.4. The van der Waals surface area contributed by atoms with Crippen LogP contribution in [0, 0.1) is 25.2 Å². The summed E-state index contributed by atoms with van der Waals surface area (Å²) in [5.41, 5.74) is 2.76. The zero-order valence-corrected chi connectivity index (χ0v) is 22.5. The van der Waals surface area contributed by atoms with Gasteiger partial charge in [-0.2, -0.15) is 5.26 Å². The lowest BCUT2D eigenvalue weighted by Gasteiger charge is -2.20. The maximum absolute atomic E-state index is 13.4. The number of aromatic nitrogens is 1. The Morgan fingerprint density at radius 3 is 2.55 bits per heavy atom. The molecule has 2 heterocycles. The number of rotatable bonds is 6. The van der Waals surface area contributed by atoms with E-state index in [4.69, 9.17) is 16.0 Å². The molecular weight excluding hydrogens is 528 g/mol. The Hall–Kier alpha value is -4.20. The molecule has 1 atom stereocenters. The first kappa shape index (κ1) is 26.9. The summed E-state index contributed by atoms with van der Waals surface area (Å²) in [5.74, 6) is -0.658. The highest BCUT2D eigenvalue weighted by Crippen LogP contribution is 2.33. The molecule has 1 unspecified atom stereocenters. The van der Waals surface area contributed by atoms with Gasteiger partial charge in [-0.25, -0.2) is 18.1 Å². The number of anilines is 1. The molecule has 38 heavy (non-hydrogen) atoms. The van der Waals surface area contributed by atoms with Gasteiger partial charge in [-0.15, -0.1) is 0 Å². The molecule has 0 aliphatic heterocycles. The lowest BCUT2D eigenvalue weighted by Crippen LogP contribution is -2.31. The minimum atomic E-state index is -3.85. The van der Waals surface area contributed by atoms with Gasteiger partial charge in [-0.3, -0.25) is 9.59 Å². The van der Waals surface area contributed by atoms with Crippen molar-refractivity contribution in [1.82, 2.24) is 9.71 Å². The molecule has 4 rings (SSSR count). The first-order valence-electron chi connectivity index (χ1n) is 11.4. The standard InChI is InChI=1S/C27H23ClN4O5S/c1-14-11-19(16(3)30-21-9-10-22(28)31-23(21)27(34)32-38(4,35)36)26-20(12-14)24(33)15(2)25(37-26)18-8-6-5-7-17(18)13-29/h5-12,16,30H,1-4H3,(H,32,34). The van der Waals surface area contributed by atoms with Crippen LogP contribution in [-0.4, -0.2) is 25.6 Å². The summed E-state index contributed by atoms with van der Waals surface area (Å²) in [6.07, 6.45) is 0.857. The molecule has 0 saturated carbocycles. The second-order valence-corrected chi connectivity index (χ2v) is 11.0. The van der Waals surface area contributed by atoms with Gasteiger partial charge in [-0.1, -0.05) is 29.8 Å². The van der Waals surface area contributed by atoms with Crippen LogP contribution >= 0.6 is 11.6 Å². The number of benzene rings is 2. The number of nitrogens with zero attached hydrogens (tertiary/aromatic N) is 2. The average molecular weight is 551 g/mol. The highest BCUT2D eigenvalue weighted by Gasteiger charge is 2.23. The van der Waals surface area contributed by atoms with Gasteiger partial charge in [0.25, 0.3) is 5.91 Å². The molecule has 0 spiro atoms. The Morgan fingerprint density at radius 1 is 1.16 bits per heavy atom. The van der Waals surface area contributed by atoms with Crippen molar-refractivity contribution in [2.75, 3.05) is 11.6 Å². The second kappa shape index (κ2) is 10.3. The highest BCUT2D eigenvalue weighted by molar-refractivity contribution is 7.89.